The van der Waals surface area contributed by atoms with Gasteiger partial charge >= 0.3 is 0 Å². The molecule has 6 heteroatoms. The second kappa shape index (κ2) is 6.12. The molecule has 0 fully saturated rings. The minimum Gasteiger partial charge on any atom is -0.379 e. The van der Waals surface area contributed by atoms with Gasteiger partial charge in [0, 0.05) is 28.9 Å². The van der Waals surface area contributed by atoms with E-state index in [0.29, 0.717) is 17.7 Å². The standard InChI is InChI=1S/C19H17FN2O3/c1-19(2)11-12-7-8-13(20)9-15(12)16(21-19)10-18(23)14-5-3-4-6-17(14)22(24)25/h3-10,21H,11H2,1-2H3/b16-10-. The zero-order valence-corrected chi connectivity index (χ0v) is 13.9. The predicted molar refractivity (Wildman–Crippen MR) is 92.7 cm³/mol. The summed E-state index contributed by atoms with van der Waals surface area (Å²) in [6, 6.07) is 10.3. The number of fused-ring (bicyclic) bond motifs is 1. The molecule has 0 aliphatic carbocycles. The smallest absolute Gasteiger partial charge is 0.280 e. The average Bonchev–Trinajstić information content (AvgIpc) is 2.54. The molecule has 0 radical (unpaired) electrons. The summed E-state index contributed by atoms with van der Waals surface area (Å²) < 4.78 is 13.7. The maximum atomic E-state index is 13.7. The maximum absolute atomic E-state index is 13.7. The highest BCUT2D eigenvalue weighted by molar-refractivity contribution is 6.11. The Balaban J connectivity index is 2.08. The molecule has 0 unspecified atom stereocenters. The van der Waals surface area contributed by atoms with Gasteiger partial charge in [-0.25, -0.2) is 4.39 Å². The Morgan fingerprint density at radius 2 is 2.00 bits per heavy atom. The highest BCUT2D eigenvalue weighted by Gasteiger charge is 2.29. The van der Waals surface area contributed by atoms with Gasteiger partial charge < -0.3 is 5.32 Å². The highest BCUT2D eigenvalue weighted by atomic mass is 19.1. The van der Waals surface area contributed by atoms with Crippen LogP contribution in [0.2, 0.25) is 0 Å². The molecule has 1 N–H and O–H groups in total. The van der Waals surface area contributed by atoms with Crippen LogP contribution in [-0.4, -0.2) is 16.2 Å². The number of hydrogen-bond donors (Lipinski definition) is 1. The molecule has 0 saturated carbocycles. The minimum absolute atomic E-state index is 0.00290. The Hall–Kier alpha value is -3.02. The number of benzene rings is 2. The molecule has 2 aromatic rings. The third-order valence-corrected chi connectivity index (χ3v) is 4.11. The quantitative estimate of drug-likeness (QED) is 0.398. The number of rotatable bonds is 3. The van der Waals surface area contributed by atoms with E-state index in [-0.39, 0.29) is 16.8 Å². The molecule has 128 valence electrons. The molecular formula is C19H17FN2O3. The first kappa shape index (κ1) is 16.8. The SMILES string of the molecule is CC1(C)Cc2ccc(F)cc2/C(=C/C(=O)c2ccccc2[N+](=O)[O-])N1. The monoisotopic (exact) mass is 340 g/mol. The van der Waals surface area contributed by atoms with E-state index < -0.39 is 16.5 Å². The summed E-state index contributed by atoms with van der Waals surface area (Å²) in [6.07, 6.45) is 1.99. The van der Waals surface area contributed by atoms with E-state index in [1.54, 1.807) is 12.1 Å². The van der Waals surface area contributed by atoms with Crippen molar-refractivity contribution in [3.05, 3.63) is 81.2 Å². The van der Waals surface area contributed by atoms with Crippen LogP contribution in [0.3, 0.4) is 0 Å². The first-order valence-electron chi connectivity index (χ1n) is 7.83. The maximum Gasteiger partial charge on any atom is 0.280 e. The van der Waals surface area contributed by atoms with Crippen molar-refractivity contribution in [1.29, 1.82) is 0 Å². The van der Waals surface area contributed by atoms with Crippen molar-refractivity contribution in [3.63, 3.8) is 0 Å². The molecule has 0 spiro atoms. The molecule has 0 atom stereocenters. The molecular weight excluding hydrogens is 323 g/mol. The van der Waals surface area contributed by atoms with Gasteiger partial charge in [0.05, 0.1) is 10.5 Å². The van der Waals surface area contributed by atoms with Crippen molar-refractivity contribution in [2.75, 3.05) is 0 Å². The molecule has 25 heavy (non-hydrogen) atoms. The van der Waals surface area contributed by atoms with Crippen LogP contribution in [0.15, 0.2) is 48.5 Å². The van der Waals surface area contributed by atoms with Gasteiger partial charge in [-0.05, 0) is 44.0 Å². The fourth-order valence-electron chi connectivity index (χ4n) is 3.07. The second-order valence-corrected chi connectivity index (χ2v) is 6.68. The first-order chi connectivity index (χ1) is 11.8. The van der Waals surface area contributed by atoms with Gasteiger partial charge in [-0.3, -0.25) is 14.9 Å². The average molecular weight is 340 g/mol. The van der Waals surface area contributed by atoms with Crippen LogP contribution in [-0.2, 0) is 6.42 Å². The number of nitro groups is 1. The van der Waals surface area contributed by atoms with E-state index >= 15 is 0 Å². The number of nitro benzene ring substituents is 1. The molecule has 0 bridgehead atoms. The Kier molecular flexibility index (Phi) is 4.12. The van der Waals surface area contributed by atoms with Crippen molar-refractivity contribution in [1.82, 2.24) is 5.32 Å². The van der Waals surface area contributed by atoms with Gasteiger partial charge in [-0.2, -0.15) is 0 Å². The first-order valence-corrected chi connectivity index (χ1v) is 7.83. The zero-order chi connectivity index (χ0) is 18.2. The van der Waals surface area contributed by atoms with E-state index in [4.69, 9.17) is 0 Å². The Bertz CT molecular complexity index is 903. The Labute approximate surface area is 144 Å². The van der Waals surface area contributed by atoms with Crippen molar-refractivity contribution < 1.29 is 14.1 Å². The van der Waals surface area contributed by atoms with Crippen LogP contribution in [0.1, 0.15) is 35.3 Å². The summed E-state index contributed by atoms with van der Waals surface area (Å²) in [7, 11) is 0. The van der Waals surface area contributed by atoms with Gasteiger partial charge in [0.25, 0.3) is 5.69 Å². The summed E-state index contributed by atoms with van der Waals surface area (Å²) in [5.74, 6) is -0.896. The van der Waals surface area contributed by atoms with Gasteiger partial charge in [-0.15, -0.1) is 0 Å². The second-order valence-electron chi connectivity index (χ2n) is 6.68. The minimum atomic E-state index is -0.586. The zero-order valence-electron chi connectivity index (χ0n) is 13.9. The summed E-state index contributed by atoms with van der Waals surface area (Å²) in [5.41, 5.74) is 1.42. The summed E-state index contributed by atoms with van der Waals surface area (Å²) >= 11 is 0. The third-order valence-electron chi connectivity index (χ3n) is 4.11. The number of carbonyl (C=O) groups is 1. The topological polar surface area (TPSA) is 72.2 Å². The lowest BCUT2D eigenvalue weighted by atomic mass is 9.85. The molecule has 5 nitrogen and oxygen atoms in total. The number of allylic oxidation sites excluding steroid dienone is 1. The number of ketones is 1. The van der Waals surface area contributed by atoms with Crippen LogP contribution in [0.4, 0.5) is 10.1 Å². The van der Waals surface area contributed by atoms with Gasteiger partial charge in [0.1, 0.15) is 5.82 Å². The summed E-state index contributed by atoms with van der Waals surface area (Å²) in [5, 5.41) is 14.4. The number of halogens is 1. The number of para-hydroxylation sites is 1. The predicted octanol–water partition coefficient (Wildman–Crippen LogP) is 3.88. The molecule has 3 rings (SSSR count). The van der Waals surface area contributed by atoms with Crippen LogP contribution in [0, 0.1) is 15.9 Å². The van der Waals surface area contributed by atoms with E-state index in [9.17, 15) is 19.3 Å². The van der Waals surface area contributed by atoms with E-state index in [1.165, 1.54) is 36.4 Å². The van der Waals surface area contributed by atoms with Crippen LogP contribution in [0.5, 0.6) is 0 Å². The fraction of sp³-hybridized carbons (Fsp3) is 0.211. The number of hydrogen-bond acceptors (Lipinski definition) is 4. The lowest BCUT2D eigenvalue weighted by Crippen LogP contribution is -2.43. The largest absolute Gasteiger partial charge is 0.379 e. The van der Waals surface area contributed by atoms with E-state index in [1.807, 2.05) is 13.8 Å². The number of nitrogens with one attached hydrogen (secondary N) is 1. The van der Waals surface area contributed by atoms with Crippen LogP contribution in [0.25, 0.3) is 5.70 Å². The number of carbonyl (C=O) groups excluding carboxylic acids is 1. The highest BCUT2D eigenvalue weighted by Crippen LogP contribution is 2.31. The van der Waals surface area contributed by atoms with Gasteiger partial charge in [0.2, 0.25) is 0 Å². The normalized spacial score (nSPS) is 16.8. The molecule has 1 aliphatic heterocycles. The van der Waals surface area contributed by atoms with Crippen LogP contribution < -0.4 is 5.32 Å². The Morgan fingerprint density at radius 1 is 1.28 bits per heavy atom. The molecule has 0 aromatic heterocycles. The van der Waals surface area contributed by atoms with E-state index in [0.717, 1.165) is 5.56 Å². The fourth-order valence-corrected chi connectivity index (χ4v) is 3.07. The van der Waals surface area contributed by atoms with E-state index in [2.05, 4.69) is 5.32 Å². The van der Waals surface area contributed by atoms with Crippen LogP contribution >= 0.6 is 0 Å². The van der Waals surface area contributed by atoms with Crippen molar-refractivity contribution in [2.24, 2.45) is 0 Å². The molecule has 2 aromatic carbocycles. The van der Waals surface area contributed by atoms with Gasteiger partial charge in [-0.1, -0.05) is 18.2 Å². The lowest BCUT2D eigenvalue weighted by Gasteiger charge is -2.35. The molecule has 0 amide bonds. The van der Waals surface area contributed by atoms with Crippen molar-refractivity contribution in [3.8, 4) is 0 Å². The van der Waals surface area contributed by atoms with Crippen molar-refractivity contribution >= 4 is 17.2 Å². The molecule has 0 saturated heterocycles. The van der Waals surface area contributed by atoms with Crippen molar-refractivity contribution in [2.45, 2.75) is 25.8 Å². The molecule has 1 heterocycles. The van der Waals surface area contributed by atoms with Gasteiger partial charge in [0.15, 0.2) is 5.78 Å². The summed E-state index contributed by atoms with van der Waals surface area (Å²) in [6.45, 7) is 3.95. The summed E-state index contributed by atoms with van der Waals surface area (Å²) in [4.78, 5) is 23.2. The molecule has 1 aliphatic rings. The third kappa shape index (κ3) is 3.42. The number of nitrogens with zero attached hydrogens (tertiary/aromatic N) is 1. The lowest BCUT2D eigenvalue weighted by molar-refractivity contribution is -0.385. The Morgan fingerprint density at radius 3 is 2.72 bits per heavy atom.